The zero-order chi connectivity index (χ0) is 11.7. The van der Waals surface area contributed by atoms with Crippen molar-refractivity contribution in [2.45, 2.75) is 6.10 Å². The van der Waals surface area contributed by atoms with Gasteiger partial charge < -0.3 is 14.6 Å². The summed E-state index contributed by atoms with van der Waals surface area (Å²) in [4.78, 5) is 10.2. The van der Waals surface area contributed by atoms with Crippen LogP contribution in [0.1, 0.15) is 0 Å². The lowest BCUT2D eigenvalue weighted by Crippen LogP contribution is -2.43. The predicted octanol–water partition coefficient (Wildman–Crippen LogP) is 2.16. The molecule has 1 N–H and O–H groups in total. The molecule has 17 heavy (non-hydrogen) atoms. The average Bonchev–Trinajstić information content (AvgIpc) is 2.82. The third kappa shape index (κ3) is 2.17. The largest absolute Gasteiger partial charge is 0.374 e. The highest BCUT2D eigenvalue weighted by Crippen LogP contribution is 2.19. The molecule has 0 radical (unpaired) electrons. The van der Waals surface area contributed by atoms with Gasteiger partial charge in [0.1, 0.15) is 0 Å². The molecule has 1 atom stereocenters. The van der Waals surface area contributed by atoms with Gasteiger partial charge >= 0.3 is 0 Å². The SMILES string of the molecule is BrCC1CN(c2nc3ccccc3[nH]2)CCO1. The first kappa shape index (κ1) is 11.0. The van der Waals surface area contributed by atoms with Gasteiger partial charge in [0.25, 0.3) is 0 Å². The standard InChI is InChI=1S/C12H14BrN3O/c13-7-9-8-16(5-6-17-9)12-14-10-3-1-2-4-11(10)15-12/h1-4,9H,5-8H2,(H,14,15). The Balaban J connectivity index is 1.87. The fourth-order valence-corrected chi connectivity index (χ4v) is 2.49. The Kier molecular flexibility index (Phi) is 3.03. The Morgan fingerprint density at radius 1 is 1.47 bits per heavy atom. The molecule has 1 aromatic carbocycles. The van der Waals surface area contributed by atoms with Gasteiger partial charge in [0.05, 0.1) is 23.7 Å². The van der Waals surface area contributed by atoms with Gasteiger partial charge in [-0.15, -0.1) is 0 Å². The number of rotatable bonds is 2. The van der Waals surface area contributed by atoms with Crippen molar-refractivity contribution in [3.63, 3.8) is 0 Å². The van der Waals surface area contributed by atoms with E-state index >= 15 is 0 Å². The molecule has 0 spiro atoms. The number of hydrogen-bond donors (Lipinski definition) is 1. The molecule has 2 heterocycles. The molecular weight excluding hydrogens is 282 g/mol. The Morgan fingerprint density at radius 2 is 2.35 bits per heavy atom. The van der Waals surface area contributed by atoms with E-state index in [0.717, 1.165) is 42.0 Å². The molecule has 4 nitrogen and oxygen atoms in total. The number of alkyl halides is 1. The van der Waals surface area contributed by atoms with Crippen molar-refractivity contribution in [3.8, 4) is 0 Å². The average molecular weight is 296 g/mol. The molecule has 3 rings (SSSR count). The molecule has 0 amide bonds. The second kappa shape index (κ2) is 4.66. The monoisotopic (exact) mass is 295 g/mol. The number of nitrogens with zero attached hydrogens (tertiary/aromatic N) is 2. The molecule has 5 heteroatoms. The van der Waals surface area contributed by atoms with Crippen LogP contribution in [0.15, 0.2) is 24.3 Å². The highest BCUT2D eigenvalue weighted by molar-refractivity contribution is 9.09. The van der Waals surface area contributed by atoms with Crippen molar-refractivity contribution in [1.82, 2.24) is 9.97 Å². The molecule has 90 valence electrons. The van der Waals surface area contributed by atoms with Gasteiger partial charge in [-0.2, -0.15) is 0 Å². The summed E-state index contributed by atoms with van der Waals surface area (Å²) >= 11 is 3.46. The minimum absolute atomic E-state index is 0.247. The smallest absolute Gasteiger partial charge is 0.204 e. The Labute approximate surface area is 108 Å². The lowest BCUT2D eigenvalue weighted by atomic mass is 10.3. The minimum Gasteiger partial charge on any atom is -0.374 e. The fourth-order valence-electron chi connectivity index (χ4n) is 2.09. The Morgan fingerprint density at radius 3 is 3.18 bits per heavy atom. The molecule has 0 bridgehead atoms. The fraction of sp³-hybridized carbons (Fsp3) is 0.417. The number of morpholine rings is 1. The van der Waals surface area contributed by atoms with E-state index in [0.29, 0.717) is 0 Å². The Hall–Kier alpha value is -1.07. The van der Waals surface area contributed by atoms with E-state index < -0.39 is 0 Å². The van der Waals surface area contributed by atoms with Crippen LogP contribution in [0, 0.1) is 0 Å². The van der Waals surface area contributed by atoms with E-state index in [1.165, 1.54) is 0 Å². The number of aromatic nitrogens is 2. The maximum atomic E-state index is 5.62. The lowest BCUT2D eigenvalue weighted by Gasteiger charge is -2.31. The number of aromatic amines is 1. The van der Waals surface area contributed by atoms with Crippen molar-refractivity contribution >= 4 is 32.9 Å². The molecule has 0 saturated carbocycles. The summed E-state index contributed by atoms with van der Waals surface area (Å²) in [6.07, 6.45) is 0.247. The summed E-state index contributed by atoms with van der Waals surface area (Å²) in [5, 5.41) is 0.865. The van der Waals surface area contributed by atoms with E-state index in [4.69, 9.17) is 4.74 Å². The maximum absolute atomic E-state index is 5.62. The van der Waals surface area contributed by atoms with Crippen LogP contribution in [0.3, 0.4) is 0 Å². The number of para-hydroxylation sites is 2. The topological polar surface area (TPSA) is 41.2 Å². The second-order valence-corrected chi connectivity index (χ2v) is 4.82. The van der Waals surface area contributed by atoms with Crippen LogP contribution in [0.25, 0.3) is 11.0 Å². The van der Waals surface area contributed by atoms with Crippen molar-refractivity contribution in [2.24, 2.45) is 0 Å². The first-order chi connectivity index (χ1) is 8.36. The van der Waals surface area contributed by atoms with Crippen LogP contribution in [0.4, 0.5) is 5.95 Å². The number of anilines is 1. The highest BCUT2D eigenvalue weighted by Gasteiger charge is 2.21. The number of fused-ring (bicyclic) bond motifs is 1. The number of halogens is 1. The van der Waals surface area contributed by atoms with E-state index in [9.17, 15) is 0 Å². The molecule has 1 fully saturated rings. The minimum atomic E-state index is 0.247. The van der Waals surface area contributed by atoms with Crippen molar-refractivity contribution in [3.05, 3.63) is 24.3 Å². The quantitative estimate of drug-likeness (QED) is 0.864. The van der Waals surface area contributed by atoms with Gasteiger partial charge in [0.2, 0.25) is 5.95 Å². The van der Waals surface area contributed by atoms with Crippen LogP contribution < -0.4 is 4.90 Å². The third-order valence-corrected chi connectivity index (χ3v) is 3.71. The number of benzene rings is 1. The normalized spacial score (nSPS) is 21.0. The molecule has 2 aromatic rings. The van der Waals surface area contributed by atoms with Gasteiger partial charge in [0.15, 0.2) is 0 Å². The summed E-state index contributed by atoms with van der Waals surface area (Å²) in [5.41, 5.74) is 2.11. The number of imidazole rings is 1. The first-order valence-electron chi connectivity index (χ1n) is 5.74. The van der Waals surface area contributed by atoms with Gasteiger partial charge in [0, 0.05) is 18.4 Å². The van der Waals surface area contributed by atoms with E-state index in [2.05, 4.69) is 30.8 Å². The third-order valence-electron chi connectivity index (χ3n) is 2.99. The van der Waals surface area contributed by atoms with E-state index in [1.54, 1.807) is 0 Å². The van der Waals surface area contributed by atoms with Gasteiger partial charge in [-0.3, -0.25) is 0 Å². The van der Waals surface area contributed by atoms with Crippen LogP contribution in [0.2, 0.25) is 0 Å². The maximum Gasteiger partial charge on any atom is 0.204 e. The van der Waals surface area contributed by atoms with Gasteiger partial charge in [-0.25, -0.2) is 4.98 Å². The van der Waals surface area contributed by atoms with E-state index in [1.807, 2.05) is 24.3 Å². The number of nitrogens with one attached hydrogen (secondary N) is 1. The zero-order valence-electron chi connectivity index (χ0n) is 9.40. The second-order valence-electron chi connectivity index (χ2n) is 4.17. The molecule has 1 unspecified atom stereocenters. The highest BCUT2D eigenvalue weighted by atomic mass is 79.9. The molecule has 1 aliphatic heterocycles. The van der Waals surface area contributed by atoms with E-state index in [-0.39, 0.29) is 6.10 Å². The van der Waals surface area contributed by atoms with Crippen LogP contribution >= 0.6 is 15.9 Å². The lowest BCUT2D eigenvalue weighted by molar-refractivity contribution is 0.0566. The van der Waals surface area contributed by atoms with Crippen molar-refractivity contribution in [2.75, 3.05) is 29.9 Å². The molecule has 1 aliphatic rings. The Bertz CT molecular complexity index is 480. The molecular formula is C12H14BrN3O. The zero-order valence-corrected chi connectivity index (χ0v) is 11.0. The summed E-state index contributed by atoms with van der Waals surface area (Å²) in [6.45, 7) is 2.53. The molecule has 1 saturated heterocycles. The number of ether oxygens (including phenoxy) is 1. The predicted molar refractivity (Wildman–Crippen MR) is 71.8 cm³/mol. The molecule has 1 aromatic heterocycles. The summed E-state index contributed by atoms with van der Waals surface area (Å²) < 4.78 is 5.62. The first-order valence-corrected chi connectivity index (χ1v) is 6.86. The summed E-state index contributed by atoms with van der Waals surface area (Å²) in [6, 6.07) is 8.10. The van der Waals surface area contributed by atoms with Gasteiger partial charge in [-0.1, -0.05) is 28.1 Å². The van der Waals surface area contributed by atoms with Crippen molar-refractivity contribution in [1.29, 1.82) is 0 Å². The summed E-state index contributed by atoms with van der Waals surface area (Å²) in [5.74, 6) is 0.945. The van der Waals surface area contributed by atoms with Crippen molar-refractivity contribution < 1.29 is 4.74 Å². The number of hydrogen-bond acceptors (Lipinski definition) is 3. The summed E-state index contributed by atoms with van der Waals surface area (Å²) in [7, 11) is 0. The van der Waals surface area contributed by atoms with Crippen LogP contribution in [-0.4, -0.2) is 41.1 Å². The molecule has 0 aliphatic carbocycles. The van der Waals surface area contributed by atoms with Gasteiger partial charge in [-0.05, 0) is 12.1 Å². The van der Waals surface area contributed by atoms with Crippen LogP contribution in [-0.2, 0) is 4.74 Å². The number of H-pyrrole nitrogens is 1. The van der Waals surface area contributed by atoms with Crippen LogP contribution in [0.5, 0.6) is 0 Å².